The van der Waals surface area contributed by atoms with Gasteiger partial charge in [-0.25, -0.2) is 9.97 Å². The molecule has 14 heavy (non-hydrogen) atoms. The maximum atomic E-state index is 4.60. The molecule has 1 aliphatic rings. The molecule has 0 saturated heterocycles. The SMILES string of the molecule is Cn1c(C2CC2)nc2ccc(Br)nc21. The second kappa shape index (κ2) is 2.79. The normalized spacial score (nSPS) is 16.4. The topological polar surface area (TPSA) is 30.7 Å². The monoisotopic (exact) mass is 251 g/mol. The van der Waals surface area contributed by atoms with Crippen LogP contribution in [0, 0.1) is 0 Å². The first-order valence-electron chi connectivity index (χ1n) is 4.74. The second-order valence-corrected chi connectivity index (χ2v) is 4.59. The summed E-state index contributed by atoms with van der Waals surface area (Å²) in [5.41, 5.74) is 1.97. The Morgan fingerprint density at radius 3 is 2.86 bits per heavy atom. The maximum absolute atomic E-state index is 4.60. The van der Waals surface area contributed by atoms with Gasteiger partial charge in [-0.3, -0.25) is 0 Å². The van der Waals surface area contributed by atoms with Crippen LogP contribution in [0.25, 0.3) is 11.2 Å². The number of rotatable bonds is 1. The first-order chi connectivity index (χ1) is 6.75. The standard InChI is InChI=1S/C10H10BrN3/c1-14-9(6-2-3-6)12-7-4-5-8(11)13-10(7)14/h4-6H,2-3H2,1H3. The molecule has 1 fully saturated rings. The molecule has 0 radical (unpaired) electrons. The molecule has 0 unspecified atom stereocenters. The Kier molecular flexibility index (Phi) is 1.68. The Morgan fingerprint density at radius 1 is 1.36 bits per heavy atom. The van der Waals surface area contributed by atoms with Gasteiger partial charge in [-0.15, -0.1) is 0 Å². The van der Waals surface area contributed by atoms with Crippen LogP contribution in [0.2, 0.25) is 0 Å². The summed E-state index contributed by atoms with van der Waals surface area (Å²) >= 11 is 3.38. The molecule has 2 aromatic heterocycles. The van der Waals surface area contributed by atoms with Crippen molar-refractivity contribution in [1.29, 1.82) is 0 Å². The molecule has 0 bridgehead atoms. The number of imidazole rings is 1. The van der Waals surface area contributed by atoms with Crippen LogP contribution in [-0.2, 0) is 7.05 Å². The van der Waals surface area contributed by atoms with Crippen molar-refractivity contribution in [3.63, 3.8) is 0 Å². The van der Waals surface area contributed by atoms with E-state index in [0.29, 0.717) is 5.92 Å². The highest BCUT2D eigenvalue weighted by molar-refractivity contribution is 9.10. The zero-order chi connectivity index (χ0) is 9.71. The molecular weight excluding hydrogens is 242 g/mol. The van der Waals surface area contributed by atoms with E-state index in [2.05, 4.69) is 30.5 Å². The van der Waals surface area contributed by atoms with Crippen LogP contribution in [0.4, 0.5) is 0 Å². The van der Waals surface area contributed by atoms with Gasteiger partial charge in [-0.2, -0.15) is 0 Å². The molecular formula is C10H10BrN3. The first kappa shape index (κ1) is 8.41. The van der Waals surface area contributed by atoms with Crippen molar-refractivity contribution in [2.75, 3.05) is 0 Å². The van der Waals surface area contributed by atoms with Crippen LogP contribution in [0.5, 0.6) is 0 Å². The third-order valence-electron chi connectivity index (χ3n) is 2.66. The number of halogens is 1. The largest absolute Gasteiger partial charge is 0.316 e. The fourth-order valence-corrected chi connectivity index (χ4v) is 2.07. The molecule has 1 aliphatic carbocycles. The van der Waals surface area contributed by atoms with Crippen LogP contribution < -0.4 is 0 Å². The van der Waals surface area contributed by atoms with E-state index in [-0.39, 0.29) is 0 Å². The van der Waals surface area contributed by atoms with E-state index in [1.807, 2.05) is 19.2 Å². The van der Waals surface area contributed by atoms with Gasteiger partial charge in [0.2, 0.25) is 0 Å². The molecule has 3 rings (SSSR count). The Balaban J connectivity index is 2.29. The van der Waals surface area contributed by atoms with E-state index in [1.165, 1.54) is 18.7 Å². The number of pyridine rings is 1. The summed E-state index contributed by atoms with van der Waals surface area (Å²) in [6.45, 7) is 0. The number of nitrogens with zero attached hydrogens (tertiary/aromatic N) is 3. The summed E-state index contributed by atoms with van der Waals surface area (Å²) in [5, 5.41) is 0. The van der Waals surface area contributed by atoms with Gasteiger partial charge in [0.05, 0.1) is 0 Å². The summed E-state index contributed by atoms with van der Waals surface area (Å²) < 4.78 is 2.98. The number of aryl methyl sites for hydroxylation is 1. The smallest absolute Gasteiger partial charge is 0.161 e. The molecule has 1 saturated carbocycles. The lowest BCUT2D eigenvalue weighted by atomic mass is 10.4. The fraction of sp³-hybridized carbons (Fsp3) is 0.400. The number of hydrogen-bond acceptors (Lipinski definition) is 2. The summed E-state index contributed by atoms with van der Waals surface area (Å²) in [5.74, 6) is 1.86. The predicted octanol–water partition coefficient (Wildman–Crippen LogP) is 2.61. The first-order valence-corrected chi connectivity index (χ1v) is 5.54. The second-order valence-electron chi connectivity index (χ2n) is 3.78. The highest BCUT2D eigenvalue weighted by Crippen LogP contribution is 2.40. The van der Waals surface area contributed by atoms with E-state index in [1.54, 1.807) is 0 Å². The Morgan fingerprint density at radius 2 is 2.14 bits per heavy atom. The van der Waals surface area contributed by atoms with Gasteiger partial charge in [0.25, 0.3) is 0 Å². The van der Waals surface area contributed by atoms with E-state index >= 15 is 0 Å². The predicted molar refractivity (Wildman–Crippen MR) is 58.2 cm³/mol. The minimum Gasteiger partial charge on any atom is -0.316 e. The molecule has 0 aliphatic heterocycles. The van der Waals surface area contributed by atoms with Crippen molar-refractivity contribution in [2.45, 2.75) is 18.8 Å². The van der Waals surface area contributed by atoms with Crippen molar-refractivity contribution in [1.82, 2.24) is 14.5 Å². The van der Waals surface area contributed by atoms with Gasteiger partial charge in [0.1, 0.15) is 15.9 Å². The van der Waals surface area contributed by atoms with Crippen molar-refractivity contribution >= 4 is 27.1 Å². The van der Waals surface area contributed by atoms with Crippen LogP contribution in [0.3, 0.4) is 0 Å². The quantitative estimate of drug-likeness (QED) is 0.730. The van der Waals surface area contributed by atoms with Crippen molar-refractivity contribution in [3.8, 4) is 0 Å². The molecule has 2 aromatic rings. The summed E-state index contributed by atoms with van der Waals surface area (Å²) in [6.07, 6.45) is 2.55. The zero-order valence-electron chi connectivity index (χ0n) is 7.87. The lowest BCUT2D eigenvalue weighted by molar-refractivity contribution is 0.812. The van der Waals surface area contributed by atoms with E-state index < -0.39 is 0 Å². The van der Waals surface area contributed by atoms with E-state index in [4.69, 9.17) is 0 Å². The lowest BCUT2D eigenvalue weighted by Gasteiger charge is -1.98. The summed E-state index contributed by atoms with van der Waals surface area (Å²) in [4.78, 5) is 9.02. The molecule has 72 valence electrons. The number of fused-ring (bicyclic) bond motifs is 1. The molecule has 0 spiro atoms. The fourth-order valence-electron chi connectivity index (χ4n) is 1.77. The molecule has 0 N–H and O–H groups in total. The van der Waals surface area contributed by atoms with Crippen LogP contribution in [0.1, 0.15) is 24.6 Å². The Bertz CT molecular complexity index is 499. The lowest BCUT2D eigenvalue weighted by Crippen LogP contribution is -1.96. The molecule has 0 aromatic carbocycles. The minimum absolute atomic E-state index is 0.674. The number of hydrogen-bond donors (Lipinski definition) is 0. The Labute approximate surface area is 90.3 Å². The third-order valence-corrected chi connectivity index (χ3v) is 3.10. The zero-order valence-corrected chi connectivity index (χ0v) is 9.45. The van der Waals surface area contributed by atoms with Crippen LogP contribution in [-0.4, -0.2) is 14.5 Å². The highest BCUT2D eigenvalue weighted by atomic mass is 79.9. The van der Waals surface area contributed by atoms with Gasteiger partial charge >= 0.3 is 0 Å². The van der Waals surface area contributed by atoms with Gasteiger partial charge < -0.3 is 4.57 Å². The summed E-state index contributed by atoms with van der Waals surface area (Å²) in [6, 6.07) is 3.95. The van der Waals surface area contributed by atoms with E-state index in [0.717, 1.165) is 15.8 Å². The van der Waals surface area contributed by atoms with Gasteiger partial charge in [-0.1, -0.05) is 0 Å². The van der Waals surface area contributed by atoms with Crippen molar-refractivity contribution < 1.29 is 0 Å². The molecule has 3 nitrogen and oxygen atoms in total. The van der Waals surface area contributed by atoms with E-state index in [9.17, 15) is 0 Å². The third kappa shape index (κ3) is 1.17. The minimum atomic E-state index is 0.674. The summed E-state index contributed by atoms with van der Waals surface area (Å²) in [7, 11) is 2.04. The van der Waals surface area contributed by atoms with Crippen LogP contribution >= 0.6 is 15.9 Å². The Hall–Kier alpha value is -0.900. The van der Waals surface area contributed by atoms with Crippen molar-refractivity contribution in [2.24, 2.45) is 7.05 Å². The van der Waals surface area contributed by atoms with Gasteiger partial charge in [-0.05, 0) is 40.9 Å². The van der Waals surface area contributed by atoms with Gasteiger partial charge in [0.15, 0.2) is 5.65 Å². The molecule has 0 atom stereocenters. The number of aromatic nitrogens is 3. The highest BCUT2D eigenvalue weighted by Gasteiger charge is 2.28. The average molecular weight is 252 g/mol. The molecule has 0 amide bonds. The molecule has 4 heteroatoms. The van der Waals surface area contributed by atoms with Gasteiger partial charge in [0, 0.05) is 13.0 Å². The van der Waals surface area contributed by atoms with Crippen molar-refractivity contribution in [3.05, 3.63) is 22.6 Å². The molecule has 2 heterocycles. The average Bonchev–Trinajstić information content (AvgIpc) is 2.95. The maximum Gasteiger partial charge on any atom is 0.161 e. The van der Waals surface area contributed by atoms with Crippen LogP contribution in [0.15, 0.2) is 16.7 Å².